The molecule has 0 bridgehead atoms. The van der Waals surface area contributed by atoms with Crippen molar-refractivity contribution in [3.8, 4) is 5.75 Å². The third kappa shape index (κ3) is 5.53. The summed E-state index contributed by atoms with van der Waals surface area (Å²) >= 11 is 1.54. The van der Waals surface area contributed by atoms with Crippen molar-refractivity contribution in [3.63, 3.8) is 0 Å². The van der Waals surface area contributed by atoms with Gasteiger partial charge in [0.25, 0.3) is 0 Å². The molecular formula is C27H30N2O4S. The van der Waals surface area contributed by atoms with E-state index in [0.717, 1.165) is 23.3 Å². The number of hydrogen-bond donors (Lipinski definition) is 0. The minimum absolute atomic E-state index is 0.0411. The van der Waals surface area contributed by atoms with Crippen LogP contribution in [0.1, 0.15) is 50.8 Å². The number of ether oxygens (including phenoxy) is 2. The summed E-state index contributed by atoms with van der Waals surface area (Å²) < 4.78 is 11.5. The van der Waals surface area contributed by atoms with Gasteiger partial charge < -0.3 is 9.47 Å². The molecule has 2 heterocycles. The van der Waals surface area contributed by atoms with E-state index in [9.17, 15) is 9.59 Å². The van der Waals surface area contributed by atoms with Crippen molar-refractivity contribution < 1.29 is 19.1 Å². The maximum Gasteiger partial charge on any atom is 0.338 e. The predicted octanol–water partition coefficient (Wildman–Crippen LogP) is 5.51. The summed E-state index contributed by atoms with van der Waals surface area (Å²) in [5.41, 5.74) is 2.70. The van der Waals surface area contributed by atoms with Crippen LogP contribution in [0, 0.1) is 5.92 Å². The van der Waals surface area contributed by atoms with Crippen LogP contribution in [0.15, 0.2) is 70.9 Å². The van der Waals surface area contributed by atoms with Crippen LogP contribution in [0.2, 0.25) is 0 Å². The van der Waals surface area contributed by atoms with Crippen LogP contribution in [0.25, 0.3) is 0 Å². The first-order valence-corrected chi connectivity index (χ1v) is 12.6. The van der Waals surface area contributed by atoms with Crippen LogP contribution in [0.4, 0.5) is 0 Å². The van der Waals surface area contributed by atoms with Crippen molar-refractivity contribution in [2.24, 2.45) is 10.9 Å². The standard InChI is InChI=1S/C27H30N2O4S/c1-18(2)13-15-32-22-11-9-21(10-12-22)25-24(26(31)33-17-20-7-5-4-6-8-20)19(3)28-27-29(25)23(30)14-16-34-27/h4-12,18,25H,13-17H2,1-3H3/t25-/m1/s1. The van der Waals surface area contributed by atoms with Gasteiger partial charge in [-0.25, -0.2) is 9.79 Å². The van der Waals surface area contributed by atoms with Crippen molar-refractivity contribution in [1.29, 1.82) is 0 Å². The summed E-state index contributed by atoms with van der Waals surface area (Å²) in [6.07, 6.45) is 1.38. The van der Waals surface area contributed by atoms with E-state index in [1.165, 1.54) is 11.8 Å². The van der Waals surface area contributed by atoms with Gasteiger partial charge in [-0.3, -0.25) is 9.69 Å². The number of amides is 1. The summed E-state index contributed by atoms with van der Waals surface area (Å²) in [6, 6.07) is 16.6. The zero-order valence-electron chi connectivity index (χ0n) is 19.8. The van der Waals surface area contributed by atoms with Crippen LogP contribution in [-0.2, 0) is 20.9 Å². The molecule has 7 heteroatoms. The third-order valence-corrected chi connectivity index (χ3v) is 6.75. The predicted molar refractivity (Wildman–Crippen MR) is 134 cm³/mol. The Morgan fingerprint density at radius 1 is 1.15 bits per heavy atom. The van der Waals surface area contributed by atoms with Gasteiger partial charge in [-0.05, 0) is 42.5 Å². The second-order valence-electron chi connectivity index (χ2n) is 8.82. The Morgan fingerprint density at radius 3 is 2.59 bits per heavy atom. The Bertz CT molecular complexity index is 1090. The monoisotopic (exact) mass is 478 g/mol. The molecule has 1 fully saturated rings. The van der Waals surface area contributed by atoms with Gasteiger partial charge in [0, 0.05) is 12.2 Å². The van der Waals surface area contributed by atoms with Gasteiger partial charge in [-0.2, -0.15) is 0 Å². The lowest BCUT2D eigenvalue weighted by Crippen LogP contribution is -2.45. The second kappa shape index (κ2) is 10.9. The van der Waals surface area contributed by atoms with E-state index in [2.05, 4.69) is 18.8 Å². The van der Waals surface area contributed by atoms with Crippen molar-refractivity contribution in [3.05, 3.63) is 77.0 Å². The van der Waals surface area contributed by atoms with E-state index >= 15 is 0 Å². The van der Waals surface area contributed by atoms with Crippen LogP contribution >= 0.6 is 11.8 Å². The quantitative estimate of drug-likeness (QED) is 0.468. The molecule has 4 rings (SSSR count). The molecule has 2 aromatic rings. The molecule has 2 aromatic carbocycles. The van der Waals surface area contributed by atoms with E-state index in [-0.39, 0.29) is 12.5 Å². The maximum atomic E-state index is 13.3. The first-order valence-electron chi connectivity index (χ1n) is 11.6. The summed E-state index contributed by atoms with van der Waals surface area (Å²) in [6.45, 7) is 6.93. The lowest BCUT2D eigenvalue weighted by atomic mass is 9.94. The Hall–Kier alpha value is -3.06. The van der Waals surface area contributed by atoms with Crippen molar-refractivity contribution in [1.82, 2.24) is 4.90 Å². The molecule has 178 valence electrons. The first-order chi connectivity index (χ1) is 16.4. The number of amidine groups is 1. The summed E-state index contributed by atoms with van der Waals surface area (Å²) in [5.74, 6) is 1.52. The number of carbonyl (C=O) groups excluding carboxylic acids is 2. The van der Waals surface area contributed by atoms with E-state index < -0.39 is 12.0 Å². The van der Waals surface area contributed by atoms with E-state index in [0.29, 0.717) is 41.1 Å². The molecule has 0 N–H and O–H groups in total. The zero-order valence-corrected chi connectivity index (χ0v) is 20.6. The smallest absolute Gasteiger partial charge is 0.338 e. The third-order valence-electron chi connectivity index (χ3n) is 5.80. The minimum Gasteiger partial charge on any atom is -0.494 e. The number of fused-ring (bicyclic) bond motifs is 1. The number of esters is 1. The largest absolute Gasteiger partial charge is 0.494 e. The lowest BCUT2D eigenvalue weighted by Gasteiger charge is -2.38. The number of aliphatic imine (C=N–C) groups is 1. The number of rotatable bonds is 8. The van der Waals surface area contributed by atoms with Gasteiger partial charge in [-0.15, -0.1) is 0 Å². The van der Waals surface area contributed by atoms with Crippen LogP contribution in [-0.4, -0.2) is 34.3 Å². The number of thioether (sulfide) groups is 1. The molecule has 0 radical (unpaired) electrons. The number of hydrogen-bond acceptors (Lipinski definition) is 6. The van der Waals surface area contributed by atoms with E-state index in [1.54, 1.807) is 11.8 Å². The molecule has 0 aromatic heterocycles. The normalized spacial score (nSPS) is 18.0. The molecule has 2 aliphatic rings. The highest BCUT2D eigenvalue weighted by atomic mass is 32.2. The molecule has 1 saturated heterocycles. The van der Waals surface area contributed by atoms with Gasteiger partial charge in [0.2, 0.25) is 5.91 Å². The Balaban J connectivity index is 1.61. The van der Waals surface area contributed by atoms with E-state index in [4.69, 9.17) is 9.47 Å². The SMILES string of the molecule is CC1=C(C(=O)OCc2ccccc2)[C@@H](c2ccc(OCCC(C)C)cc2)N2C(=O)CCSC2=N1. The number of nitrogens with zero attached hydrogens (tertiary/aromatic N) is 2. The van der Waals surface area contributed by atoms with Crippen molar-refractivity contribution in [2.75, 3.05) is 12.4 Å². The fraction of sp³-hybridized carbons (Fsp3) is 0.370. The van der Waals surface area contributed by atoms with Crippen LogP contribution < -0.4 is 4.74 Å². The van der Waals surface area contributed by atoms with Crippen molar-refractivity contribution in [2.45, 2.75) is 46.3 Å². The van der Waals surface area contributed by atoms with Gasteiger partial charge >= 0.3 is 5.97 Å². The van der Waals surface area contributed by atoms with Gasteiger partial charge in [0.1, 0.15) is 12.4 Å². The maximum absolute atomic E-state index is 13.3. The minimum atomic E-state index is -0.583. The molecule has 0 saturated carbocycles. The first kappa shape index (κ1) is 24.1. The Morgan fingerprint density at radius 2 is 1.88 bits per heavy atom. The molecule has 6 nitrogen and oxygen atoms in total. The zero-order chi connectivity index (χ0) is 24.1. The van der Waals surface area contributed by atoms with Crippen molar-refractivity contribution >= 4 is 28.8 Å². The average Bonchev–Trinajstić information content (AvgIpc) is 2.83. The molecule has 0 unspecified atom stereocenters. The van der Waals surface area contributed by atoms with Gasteiger partial charge in [0.05, 0.1) is 23.9 Å². The van der Waals surface area contributed by atoms with Crippen LogP contribution in [0.5, 0.6) is 5.75 Å². The molecule has 34 heavy (non-hydrogen) atoms. The Labute approximate surface area is 205 Å². The highest BCUT2D eigenvalue weighted by molar-refractivity contribution is 8.14. The number of benzene rings is 2. The van der Waals surface area contributed by atoms with Crippen LogP contribution in [0.3, 0.4) is 0 Å². The lowest BCUT2D eigenvalue weighted by molar-refractivity contribution is -0.141. The fourth-order valence-corrected chi connectivity index (χ4v) is 4.94. The molecule has 0 aliphatic carbocycles. The summed E-state index contributed by atoms with van der Waals surface area (Å²) in [7, 11) is 0. The Kier molecular flexibility index (Phi) is 7.73. The fourth-order valence-electron chi connectivity index (χ4n) is 3.93. The van der Waals surface area contributed by atoms with E-state index in [1.807, 2.05) is 54.6 Å². The highest BCUT2D eigenvalue weighted by Gasteiger charge is 2.41. The molecule has 1 atom stereocenters. The molecule has 0 spiro atoms. The number of carbonyl (C=O) groups is 2. The molecular weight excluding hydrogens is 448 g/mol. The highest BCUT2D eigenvalue weighted by Crippen LogP contribution is 2.40. The van der Waals surface area contributed by atoms with Gasteiger partial charge in [-0.1, -0.05) is 68.1 Å². The van der Waals surface area contributed by atoms with Gasteiger partial charge in [0.15, 0.2) is 5.17 Å². The summed E-state index contributed by atoms with van der Waals surface area (Å²) in [5, 5.41) is 0.635. The topological polar surface area (TPSA) is 68.2 Å². The molecule has 2 aliphatic heterocycles. The summed E-state index contributed by atoms with van der Waals surface area (Å²) in [4.78, 5) is 32.5. The number of allylic oxidation sites excluding steroid dienone is 1. The average molecular weight is 479 g/mol. The second-order valence-corrected chi connectivity index (χ2v) is 9.88. The molecule has 1 amide bonds.